The molecule has 4 nitrogen and oxygen atoms in total. The van der Waals surface area contributed by atoms with Crippen molar-refractivity contribution < 1.29 is 14.3 Å². The molecule has 0 fully saturated rings. The molecule has 2 aromatic rings. The van der Waals surface area contributed by atoms with Gasteiger partial charge in [0.05, 0.1) is 19.8 Å². The fourth-order valence-corrected chi connectivity index (χ4v) is 3.08. The molecule has 0 saturated carbocycles. The number of aryl methyl sites for hydroxylation is 1. The molecule has 0 saturated heterocycles. The summed E-state index contributed by atoms with van der Waals surface area (Å²) in [5.74, 6) is 0.985. The van der Waals surface area contributed by atoms with Crippen LogP contribution in [-0.2, 0) is 12.8 Å². The fraction of sp³-hybridized carbons (Fsp3) is 0.316. The highest BCUT2D eigenvalue weighted by Crippen LogP contribution is 2.30. The topological polar surface area (TPSA) is 47.6 Å². The van der Waals surface area contributed by atoms with E-state index in [1.165, 1.54) is 24.0 Å². The molecule has 4 heteroatoms. The Labute approximate surface area is 136 Å². The van der Waals surface area contributed by atoms with Crippen LogP contribution in [0.1, 0.15) is 34.3 Å². The van der Waals surface area contributed by atoms with Gasteiger partial charge in [-0.1, -0.05) is 12.1 Å². The maximum atomic E-state index is 12.7. The number of benzene rings is 2. The lowest BCUT2D eigenvalue weighted by molar-refractivity contribution is 0.102. The second-order valence-corrected chi connectivity index (χ2v) is 5.67. The van der Waals surface area contributed by atoms with Crippen molar-refractivity contribution in [3.63, 3.8) is 0 Å². The molecular weight excluding hydrogens is 290 g/mol. The van der Waals surface area contributed by atoms with Crippen LogP contribution in [0.4, 0.5) is 5.69 Å². The van der Waals surface area contributed by atoms with Crippen LogP contribution >= 0.6 is 0 Å². The van der Waals surface area contributed by atoms with Gasteiger partial charge in [0, 0.05) is 5.69 Å². The van der Waals surface area contributed by atoms with Crippen molar-refractivity contribution >= 4 is 11.6 Å². The first kappa shape index (κ1) is 15.4. The maximum absolute atomic E-state index is 12.7. The predicted molar refractivity (Wildman–Crippen MR) is 90.6 cm³/mol. The molecule has 0 spiro atoms. The zero-order valence-corrected chi connectivity index (χ0v) is 13.5. The van der Waals surface area contributed by atoms with E-state index in [0.29, 0.717) is 17.1 Å². The van der Waals surface area contributed by atoms with Crippen molar-refractivity contribution in [2.24, 2.45) is 0 Å². The Morgan fingerprint density at radius 1 is 1.04 bits per heavy atom. The molecule has 120 valence electrons. The van der Waals surface area contributed by atoms with Crippen LogP contribution in [0.15, 0.2) is 36.4 Å². The zero-order valence-electron chi connectivity index (χ0n) is 13.5. The van der Waals surface area contributed by atoms with E-state index in [1.807, 2.05) is 12.1 Å². The Bertz CT molecular complexity index is 725. The lowest BCUT2D eigenvalue weighted by atomic mass is 9.90. The lowest BCUT2D eigenvalue weighted by Crippen LogP contribution is -2.16. The van der Waals surface area contributed by atoms with Crippen molar-refractivity contribution in [1.82, 2.24) is 0 Å². The molecule has 0 bridgehead atoms. The SMILES string of the molecule is COc1ccc(OC)c(C(=O)Nc2cccc3c2CCCC3)c1. The van der Waals surface area contributed by atoms with Crippen molar-refractivity contribution in [2.45, 2.75) is 25.7 Å². The van der Waals surface area contributed by atoms with Crippen LogP contribution in [-0.4, -0.2) is 20.1 Å². The minimum Gasteiger partial charge on any atom is -0.497 e. The minimum absolute atomic E-state index is 0.181. The summed E-state index contributed by atoms with van der Waals surface area (Å²) >= 11 is 0. The van der Waals surface area contributed by atoms with Gasteiger partial charge in [-0.2, -0.15) is 0 Å². The van der Waals surface area contributed by atoms with Gasteiger partial charge in [-0.3, -0.25) is 4.79 Å². The van der Waals surface area contributed by atoms with Gasteiger partial charge in [-0.25, -0.2) is 0 Å². The van der Waals surface area contributed by atoms with Gasteiger partial charge >= 0.3 is 0 Å². The van der Waals surface area contributed by atoms with Gasteiger partial charge in [0.1, 0.15) is 11.5 Å². The summed E-state index contributed by atoms with van der Waals surface area (Å²) < 4.78 is 10.5. The smallest absolute Gasteiger partial charge is 0.259 e. The highest BCUT2D eigenvalue weighted by atomic mass is 16.5. The van der Waals surface area contributed by atoms with Gasteiger partial charge in [-0.05, 0) is 61.1 Å². The van der Waals surface area contributed by atoms with Crippen LogP contribution in [0.5, 0.6) is 11.5 Å². The number of nitrogens with one attached hydrogen (secondary N) is 1. The summed E-state index contributed by atoms with van der Waals surface area (Å²) in [4.78, 5) is 12.7. The molecule has 0 atom stereocenters. The van der Waals surface area contributed by atoms with Gasteiger partial charge in [0.15, 0.2) is 0 Å². The van der Waals surface area contributed by atoms with E-state index in [2.05, 4.69) is 11.4 Å². The third kappa shape index (κ3) is 3.16. The highest BCUT2D eigenvalue weighted by Gasteiger charge is 2.18. The second kappa shape index (κ2) is 6.73. The molecule has 0 aromatic heterocycles. The van der Waals surface area contributed by atoms with E-state index >= 15 is 0 Å². The fourth-order valence-electron chi connectivity index (χ4n) is 3.08. The van der Waals surface area contributed by atoms with Crippen molar-refractivity contribution in [1.29, 1.82) is 0 Å². The summed E-state index contributed by atoms with van der Waals surface area (Å²) in [7, 11) is 3.14. The number of anilines is 1. The third-order valence-electron chi connectivity index (χ3n) is 4.30. The van der Waals surface area contributed by atoms with E-state index in [0.717, 1.165) is 18.5 Å². The minimum atomic E-state index is -0.181. The van der Waals surface area contributed by atoms with Gasteiger partial charge < -0.3 is 14.8 Å². The molecular formula is C19H21NO3. The largest absolute Gasteiger partial charge is 0.497 e. The lowest BCUT2D eigenvalue weighted by Gasteiger charge is -2.20. The number of ether oxygens (including phenoxy) is 2. The molecule has 0 unspecified atom stereocenters. The number of fused-ring (bicyclic) bond motifs is 1. The molecule has 23 heavy (non-hydrogen) atoms. The zero-order chi connectivity index (χ0) is 16.2. The van der Waals surface area contributed by atoms with Crippen LogP contribution in [0.2, 0.25) is 0 Å². The molecule has 3 rings (SSSR count). The molecule has 1 amide bonds. The molecule has 0 heterocycles. The molecule has 1 N–H and O–H groups in total. The van der Waals surface area contributed by atoms with Crippen LogP contribution in [0.3, 0.4) is 0 Å². The van der Waals surface area contributed by atoms with Crippen molar-refractivity contribution in [2.75, 3.05) is 19.5 Å². The van der Waals surface area contributed by atoms with Crippen LogP contribution in [0.25, 0.3) is 0 Å². The molecule has 1 aliphatic rings. The van der Waals surface area contributed by atoms with E-state index in [9.17, 15) is 4.79 Å². The normalized spacial score (nSPS) is 13.1. The maximum Gasteiger partial charge on any atom is 0.259 e. The van der Waals surface area contributed by atoms with Gasteiger partial charge in [0.25, 0.3) is 5.91 Å². The summed E-state index contributed by atoms with van der Waals surface area (Å²) in [6.45, 7) is 0. The number of methoxy groups -OCH3 is 2. The predicted octanol–water partition coefficient (Wildman–Crippen LogP) is 3.83. The molecule has 0 radical (unpaired) electrons. The van der Waals surface area contributed by atoms with Crippen molar-refractivity contribution in [3.05, 3.63) is 53.1 Å². The average molecular weight is 311 g/mol. The van der Waals surface area contributed by atoms with Crippen LogP contribution in [0, 0.1) is 0 Å². The number of rotatable bonds is 4. The van der Waals surface area contributed by atoms with Gasteiger partial charge in [-0.15, -0.1) is 0 Å². The monoisotopic (exact) mass is 311 g/mol. The quantitative estimate of drug-likeness (QED) is 0.933. The van der Waals surface area contributed by atoms with Crippen LogP contribution < -0.4 is 14.8 Å². The highest BCUT2D eigenvalue weighted by molar-refractivity contribution is 6.07. The Kier molecular flexibility index (Phi) is 4.51. The number of amides is 1. The Morgan fingerprint density at radius 3 is 2.65 bits per heavy atom. The first-order chi connectivity index (χ1) is 11.2. The van der Waals surface area contributed by atoms with Crippen molar-refractivity contribution in [3.8, 4) is 11.5 Å². The summed E-state index contributed by atoms with van der Waals surface area (Å²) in [5.41, 5.74) is 3.97. The Hall–Kier alpha value is -2.49. The molecule has 0 aliphatic heterocycles. The van der Waals surface area contributed by atoms with E-state index in [-0.39, 0.29) is 5.91 Å². The summed E-state index contributed by atoms with van der Waals surface area (Å²) in [5, 5.41) is 3.04. The number of carbonyl (C=O) groups is 1. The first-order valence-electron chi connectivity index (χ1n) is 7.87. The summed E-state index contributed by atoms with van der Waals surface area (Å²) in [6, 6.07) is 11.3. The third-order valence-corrected chi connectivity index (χ3v) is 4.30. The van der Waals surface area contributed by atoms with E-state index in [1.54, 1.807) is 32.4 Å². The van der Waals surface area contributed by atoms with E-state index < -0.39 is 0 Å². The van der Waals surface area contributed by atoms with E-state index in [4.69, 9.17) is 9.47 Å². The number of hydrogen-bond donors (Lipinski definition) is 1. The average Bonchev–Trinajstić information content (AvgIpc) is 2.61. The summed E-state index contributed by atoms with van der Waals surface area (Å²) in [6.07, 6.45) is 4.49. The number of hydrogen-bond acceptors (Lipinski definition) is 3. The number of carbonyl (C=O) groups excluding carboxylic acids is 1. The standard InChI is InChI=1S/C19H21NO3/c1-22-14-10-11-18(23-2)16(12-14)19(21)20-17-9-5-7-13-6-3-4-8-15(13)17/h5,7,9-12H,3-4,6,8H2,1-2H3,(H,20,21). The molecule has 2 aromatic carbocycles. The Morgan fingerprint density at radius 2 is 1.87 bits per heavy atom. The molecule has 1 aliphatic carbocycles. The first-order valence-corrected chi connectivity index (χ1v) is 7.87. The second-order valence-electron chi connectivity index (χ2n) is 5.67. The Balaban J connectivity index is 1.91. The van der Waals surface area contributed by atoms with Gasteiger partial charge in [0.2, 0.25) is 0 Å².